The Kier molecular flexibility index (Phi) is 4.75. The van der Waals surface area contributed by atoms with E-state index in [2.05, 4.69) is 6.07 Å². The molecular weight excluding hydrogens is 400 g/mol. The normalized spacial score (nSPS) is 19.4. The van der Waals surface area contributed by atoms with E-state index < -0.39 is 0 Å². The third kappa shape index (κ3) is 3.15. The van der Waals surface area contributed by atoms with Crippen LogP contribution >= 0.6 is 11.6 Å². The summed E-state index contributed by atoms with van der Waals surface area (Å²) in [4.78, 5) is 0. The second-order valence-electron chi connectivity index (χ2n) is 7.28. The van der Waals surface area contributed by atoms with Crippen LogP contribution in [-0.4, -0.2) is 24.9 Å². The minimum absolute atomic E-state index is 0.0852. The zero-order valence-electron chi connectivity index (χ0n) is 16.7. The largest absolute Gasteiger partial charge is 0.493 e. The zero-order valence-corrected chi connectivity index (χ0v) is 17.5. The molecule has 0 bridgehead atoms. The van der Waals surface area contributed by atoms with Crippen molar-refractivity contribution in [1.29, 1.82) is 0 Å². The van der Waals surface area contributed by atoms with Gasteiger partial charge in [0.1, 0.15) is 5.75 Å². The van der Waals surface area contributed by atoms with Crippen LogP contribution in [0.2, 0.25) is 5.02 Å². The highest BCUT2D eigenvalue weighted by molar-refractivity contribution is 6.31. The van der Waals surface area contributed by atoms with Gasteiger partial charge >= 0.3 is 0 Å². The summed E-state index contributed by atoms with van der Waals surface area (Å²) >= 11 is 6.22. The molecule has 0 aromatic heterocycles. The molecule has 3 aromatic rings. The molecule has 0 spiro atoms. The van der Waals surface area contributed by atoms with Crippen molar-refractivity contribution in [2.45, 2.75) is 18.7 Å². The van der Waals surface area contributed by atoms with Crippen LogP contribution in [0.4, 0.5) is 0 Å². The second kappa shape index (κ2) is 7.58. The summed E-state index contributed by atoms with van der Waals surface area (Å²) in [6.07, 6.45) is 0.409. The molecule has 5 rings (SSSR count). The molecule has 3 aromatic carbocycles. The van der Waals surface area contributed by atoms with Gasteiger partial charge in [-0.1, -0.05) is 41.9 Å². The third-order valence-electron chi connectivity index (χ3n) is 5.55. The lowest BCUT2D eigenvalue weighted by atomic mass is 9.96. The summed E-state index contributed by atoms with van der Waals surface area (Å²) in [5, 5.41) is 7.71. The van der Waals surface area contributed by atoms with Crippen molar-refractivity contribution in [3.8, 4) is 17.2 Å². The van der Waals surface area contributed by atoms with E-state index in [0.717, 1.165) is 34.6 Å². The molecule has 0 aliphatic carbocycles. The summed E-state index contributed by atoms with van der Waals surface area (Å²) in [6, 6.07) is 21.9. The van der Waals surface area contributed by atoms with E-state index >= 15 is 0 Å². The van der Waals surface area contributed by atoms with Crippen LogP contribution in [0.5, 0.6) is 17.2 Å². The van der Waals surface area contributed by atoms with E-state index in [4.69, 9.17) is 30.9 Å². The molecule has 6 heteroatoms. The van der Waals surface area contributed by atoms with Crippen LogP contribution in [0.3, 0.4) is 0 Å². The molecule has 0 unspecified atom stereocenters. The summed E-state index contributed by atoms with van der Waals surface area (Å²) in [5.74, 6) is 2.21. The number of benzene rings is 3. The number of rotatable bonds is 4. The standard InChI is InChI=1S/C24H21ClN2O3/c1-28-22-11-10-16(13-23(22)29-2)24-27-20(18-8-3-4-9-21(18)30-24)14-19(26-27)15-6-5-7-17(25)12-15/h3-13,20,24H,14H2,1-2H3/t20-,24-/m0/s1. The van der Waals surface area contributed by atoms with Gasteiger partial charge in [-0.05, 0) is 42.0 Å². The maximum absolute atomic E-state index is 6.41. The van der Waals surface area contributed by atoms with E-state index in [-0.39, 0.29) is 12.3 Å². The van der Waals surface area contributed by atoms with Crippen molar-refractivity contribution < 1.29 is 14.2 Å². The van der Waals surface area contributed by atoms with E-state index in [1.807, 2.05) is 65.7 Å². The molecule has 0 saturated heterocycles. The smallest absolute Gasteiger partial charge is 0.214 e. The quantitative estimate of drug-likeness (QED) is 0.551. The fourth-order valence-electron chi connectivity index (χ4n) is 4.10. The number of ether oxygens (including phenoxy) is 3. The van der Waals surface area contributed by atoms with Crippen molar-refractivity contribution in [3.05, 3.63) is 88.4 Å². The summed E-state index contributed by atoms with van der Waals surface area (Å²) < 4.78 is 17.3. The summed E-state index contributed by atoms with van der Waals surface area (Å²) in [6.45, 7) is 0. The highest BCUT2D eigenvalue weighted by Gasteiger charge is 2.41. The fourth-order valence-corrected chi connectivity index (χ4v) is 4.29. The minimum Gasteiger partial charge on any atom is -0.493 e. The Morgan fingerprint density at radius 2 is 1.80 bits per heavy atom. The number of para-hydroxylation sites is 1. The van der Waals surface area contributed by atoms with Crippen molar-refractivity contribution in [3.63, 3.8) is 0 Å². The molecule has 2 aliphatic rings. The van der Waals surface area contributed by atoms with E-state index in [0.29, 0.717) is 16.5 Å². The lowest BCUT2D eigenvalue weighted by molar-refractivity contribution is -0.0191. The van der Waals surface area contributed by atoms with Crippen LogP contribution in [0.15, 0.2) is 71.8 Å². The Morgan fingerprint density at radius 1 is 0.967 bits per heavy atom. The summed E-state index contributed by atoms with van der Waals surface area (Å²) in [5.41, 5.74) is 4.10. The monoisotopic (exact) mass is 420 g/mol. The number of nitrogens with zero attached hydrogens (tertiary/aromatic N) is 2. The number of halogens is 1. The van der Waals surface area contributed by atoms with E-state index in [1.165, 1.54) is 0 Å². The Balaban J connectivity index is 1.59. The first-order valence-corrected chi connectivity index (χ1v) is 10.1. The van der Waals surface area contributed by atoms with Crippen molar-refractivity contribution in [2.75, 3.05) is 14.2 Å². The average molecular weight is 421 g/mol. The van der Waals surface area contributed by atoms with Gasteiger partial charge in [0.05, 0.1) is 26.0 Å². The molecule has 2 atom stereocenters. The van der Waals surface area contributed by atoms with Gasteiger partial charge in [0, 0.05) is 22.6 Å². The molecule has 5 nitrogen and oxygen atoms in total. The molecule has 0 fully saturated rings. The third-order valence-corrected chi connectivity index (χ3v) is 5.78. The molecular formula is C24H21ClN2O3. The average Bonchev–Trinajstić information content (AvgIpc) is 3.24. The van der Waals surface area contributed by atoms with Gasteiger partial charge in [-0.3, -0.25) is 0 Å². The van der Waals surface area contributed by atoms with Gasteiger partial charge in [-0.15, -0.1) is 0 Å². The topological polar surface area (TPSA) is 43.3 Å². The Hall–Kier alpha value is -3.18. The van der Waals surface area contributed by atoms with Crippen LogP contribution in [-0.2, 0) is 0 Å². The molecule has 0 saturated carbocycles. The van der Waals surface area contributed by atoms with Crippen molar-refractivity contribution in [1.82, 2.24) is 5.01 Å². The minimum atomic E-state index is -0.374. The Bertz CT molecular complexity index is 1130. The van der Waals surface area contributed by atoms with Crippen molar-refractivity contribution >= 4 is 17.3 Å². The Labute approximate surface area is 180 Å². The number of hydrogen-bond donors (Lipinski definition) is 0. The molecule has 0 amide bonds. The molecule has 0 N–H and O–H groups in total. The predicted octanol–water partition coefficient (Wildman–Crippen LogP) is 5.60. The maximum Gasteiger partial charge on any atom is 0.214 e. The van der Waals surface area contributed by atoms with Gasteiger partial charge < -0.3 is 14.2 Å². The molecule has 2 aliphatic heterocycles. The first kappa shape index (κ1) is 18.8. The second-order valence-corrected chi connectivity index (χ2v) is 7.72. The van der Waals surface area contributed by atoms with Gasteiger partial charge in [-0.25, -0.2) is 5.01 Å². The number of fused-ring (bicyclic) bond motifs is 3. The van der Waals surface area contributed by atoms with Crippen molar-refractivity contribution in [2.24, 2.45) is 5.10 Å². The van der Waals surface area contributed by atoms with Gasteiger partial charge in [0.25, 0.3) is 0 Å². The lowest BCUT2D eigenvalue weighted by Gasteiger charge is -2.38. The SMILES string of the molecule is COc1ccc([C@@H]2Oc3ccccc3[C@@H]3CC(c4cccc(Cl)c4)=NN32)cc1OC. The fraction of sp³-hybridized carbons (Fsp3) is 0.208. The number of hydrazone groups is 1. The van der Waals surface area contributed by atoms with Crippen LogP contribution < -0.4 is 14.2 Å². The van der Waals surface area contributed by atoms with Crippen LogP contribution in [0.25, 0.3) is 0 Å². The predicted molar refractivity (Wildman–Crippen MR) is 117 cm³/mol. The first-order chi connectivity index (χ1) is 14.7. The van der Waals surface area contributed by atoms with Gasteiger partial charge in [-0.2, -0.15) is 5.10 Å². The lowest BCUT2D eigenvalue weighted by Crippen LogP contribution is -2.33. The van der Waals surface area contributed by atoms with E-state index in [9.17, 15) is 0 Å². The summed E-state index contributed by atoms with van der Waals surface area (Å²) in [7, 11) is 3.26. The highest BCUT2D eigenvalue weighted by atomic mass is 35.5. The number of hydrogen-bond acceptors (Lipinski definition) is 5. The van der Waals surface area contributed by atoms with Gasteiger partial charge in [0.15, 0.2) is 11.5 Å². The van der Waals surface area contributed by atoms with E-state index in [1.54, 1.807) is 14.2 Å². The van der Waals surface area contributed by atoms with Gasteiger partial charge in [0.2, 0.25) is 6.23 Å². The van der Waals surface area contributed by atoms with Crippen LogP contribution in [0, 0.1) is 0 Å². The highest BCUT2D eigenvalue weighted by Crippen LogP contribution is 2.48. The molecule has 152 valence electrons. The Morgan fingerprint density at radius 3 is 2.60 bits per heavy atom. The molecule has 2 heterocycles. The molecule has 0 radical (unpaired) electrons. The first-order valence-electron chi connectivity index (χ1n) is 9.77. The zero-order chi connectivity index (χ0) is 20.7. The molecule has 30 heavy (non-hydrogen) atoms. The maximum atomic E-state index is 6.41. The van der Waals surface area contributed by atoms with Crippen LogP contribution in [0.1, 0.15) is 35.4 Å². The number of methoxy groups -OCH3 is 2.